The van der Waals surface area contributed by atoms with E-state index < -0.39 is 38.1 Å². The number of ether oxygens (including phenoxy) is 1. The molecule has 1 aromatic carbocycles. The molecule has 0 spiro atoms. The van der Waals surface area contributed by atoms with Crippen LogP contribution in [0.25, 0.3) is 0 Å². The fraction of sp³-hybridized carbons (Fsp3) is 0.524. The summed E-state index contributed by atoms with van der Waals surface area (Å²) in [6, 6.07) is 3.78. The van der Waals surface area contributed by atoms with Crippen molar-refractivity contribution in [3.8, 4) is 5.75 Å². The van der Waals surface area contributed by atoms with Crippen LogP contribution in [-0.4, -0.2) is 91.8 Å². The van der Waals surface area contributed by atoms with E-state index >= 15 is 0 Å². The number of anilines is 1. The van der Waals surface area contributed by atoms with E-state index in [0.717, 1.165) is 10.6 Å². The Bertz CT molecular complexity index is 1290. The summed E-state index contributed by atoms with van der Waals surface area (Å²) in [5.41, 5.74) is 0.283. The Morgan fingerprint density at radius 2 is 2.00 bits per heavy atom. The summed E-state index contributed by atoms with van der Waals surface area (Å²) in [4.78, 5) is 18.8. The van der Waals surface area contributed by atoms with Crippen LogP contribution < -0.4 is 9.46 Å². The summed E-state index contributed by atoms with van der Waals surface area (Å²) >= 11 is 0. The van der Waals surface area contributed by atoms with Gasteiger partial charge in [-0.05, 0) is 25.1 Å². The predicted octanol–water partition coefficient (Wildman–Crippen LogP) is 0.332. The second kappa shape index (κ2) is 10.1. The molecule has 14 heteroatoms. The molecule has 0 saturated heterocycles. The Labute approximate surface area is 205 Å². The molecule has 3 atom stereocenters. The number of rotatable bonds is 8. The zero-order valence-electron chi connectivity index (χ0n) is 20.2. The number of aliphatic hydroxyl groups is 1. The number of carbonyl (C=O) groups excluding carboxylic acids is 1. The molecule has 12 nitrogen and oxygen atoms in total. The molecule has 1 aliphatic rings. The molecule has 1 aromatic heterocycles. The van der Waals surface area contributed by atoms with Crippen molar-refractivity contribution in [3.05, 3.63) is 36.3 Å². The minimum absolute atomic E-state index is 0.0294. The Morgan fingerprint density at radius 3 is 2.57 bits per heavy atom. The van der Waals surface area contributed by atoms with E-state index in [1.54, 1.807) is 14.0 Å². The number of benzene rings is 1. The van der Waals surface area contributed by atoms with Crippen LogP contribution >= 0.6 is 0 Å². The molecule has 0 radical (unpaired) electrons. The van der Waals surface area contributed by atoms with Crippen molar-refractivity contribution in [2.45, 2.75) is 31.0 Å². The molecule has 0 bridgehead atoms. The van der Waals surface area contributed by atoms with Gasteiger partial charge < -0.3 is 19.3 Å². The molecule has 35 heavy (non-hydrogen) atoms. The van der Waals surface area contributed by atoms with Crippen molar-refractivity contribution in [1.29, 1.82) is 0 Å². The molecule has 194 valence electrons. The fourth-order valence-corrected chi connectivity index (χ4v) is 5.45. The Hall–Kier alpha value is -2.68. The second-order valence-corrected chi connectivity index (χ2v) is 12.6. The number of nitrogens with zero attached hydrogens (tertiary/aromatic N) is 4. The molecule has 2 heterocycles. The molecular weight excluding hydrogens is 498 g/mol. The molecule has 3 rings (SSSR count). The lowest BCUT2D eigenvalue weighted by Gasteiger charge is -2.38. The van der Waals surface area contributed by atoms with E-state index in [1.165, 1.54) is 47.2 Å². The molecule has 1 aliphatic heterocycles. The Kier molecular flexibility index (Phi) is 7.79. The minimum atomic E-state index is -3.89. The van der Waals surface area contributed by atoms with Gasteiger partial charge >= 0.3 is 0 Å². The van der Waals surface area contributed by atoms with Crippen molar-refractivity contribution >= 4 is 31.6 Å². The van der Waals surface area contributed by atoms with Gasteiger partial charge in [-0.1, -0.05) is 6.92 Å². The lowest BCUT2D eigenvalue weighted by Crippen LogP contribution is -2.50. The van der Waals surface area contributed by atoms with Crippen LogP contribution in [0.1, 0.15) is 24.2 Å². The van der Waals surface area contributed by atoms with Gasteiger partial charge in [0.1, 0.15) is 11.9 Å². The molecule has 2 N–H and O–H groups in total. The van der Waals surface area contributed by atoms with Crippen LogP contribution in [0.15, 0.2) is 35.7 Å². The summed E-state index contributed by atoms with van der Waals surface area (Å²) in [6.45, 7) is 3.40. The van der Waals surface area contributed by atoms with Crippen LogP contribution in [0, 0.1) is 5.92 Å². The highest BCUT2D eigenvalue weighted by Crippen LogP contribution is 2.31. The lowest BCUT2D eigenvalue weighted by molar-refractivity contribution is 0.0387. The number of nitrogens with one attached hydrogen (secondary N) is 1. The van der Waals surface area contributed by atoms with Crippen LogP contribution in [0.3, 0.4) is 0 Å². The highest BCUT2D eigenvalue weighted by molar-refractivity contribution is 7.92. The maximum atomic E-state index is 13.4. The normalized spacial score (nSPS) is 20.1. The zero-order chi connectivity index (χ0) is 26.1. The third kappa shape index (κ3) is 6.12. The van der Waals surface area contributed by atoms with E-state index in [2.05, 4.69) is 9.71 Å². The molecule has 0 unspecified atom stereocenters. The van der Waals surface area contributed by atoms with Crippen LogP contribution in [0.4, 0.5) is 5.69 Å². The number of imidazole rings is 1. The van der Waals surface area contributed by atoms with Gasteiger partial charge in [-0.3, -0.25) is 9.52 Å². The smallest absolute Gasteiger partial charge is 0.261 e. The monoisotopic (exact) mass is 529 g/mol. The first kappa shape index (κ1) is 26.9. The number of aromatic nitrogens is 2. The first-order valence-corrected chi connectivity index (χ1v) is 14.2. The Balaban J connectivity index is 1.99. The average Bonchev–Trinajstić information content (AvgIpc) is 3.22. The molecule has 1 amide bonds. The molecule has 2 aromatic rings. The van der Waals surface area contributed by atoms with E-state index in [1.807, 2.05) is 6.92 Å². The van der Waals surface area contributed by atoms with Gasteiger partial charge in [0.25, 0.3) is 15.9 Å². The highest BCUT2D eigenvalue weighted by Gasteiger charge is 2.35. The number of carbonyl (C=O) groups is 1. The largest absolute Gasteiger partial charge is 0.488 e. The summed E-state index contributed by atoms with van der Waals surface area (Å²) < 4.78 is 60.6. The summed E-state index contributed by atoms with van der Waals surface area (Å²) in [6.07, 6.45) is 3.14. The quantitative estimate of drug-likeness (QED) is 0.497. The number of aliphatic hydroxyl groups excluding tert-OH is 1. The van der Waals surface area contributed by atoms with Gasteiger partial charge in [-0.15, -0.1) is 0 Å². The number of sulfonamides is 2. The standard InChI is InChI=1S/C21H31N5O7S2/c1-14-9-26(15(2)12-27)21(28)17-8-16(23-34(5,29)30)6-7-18(17)33-19(14)10-25(4)35(31,32)20-11-24(3)13-22-20/h6-8,11,13-15,19,23,27H,9-10,12H2,1-5H3/t14-,15-,19-/m0/s1. The number of aryl methyl sites for hydroxylation is 1. The van der Waals surface area contributed by atoms with Crippen LogP contribution in [0.5, 0.6) is 5.75 Å². The van der Waals surface area contributed by atoms with Crippen molar-refractivity contribution in [3.63, 3.8) is 0 Å². The number of hydrogen-bond acceptors (Lipinski definition) is 8. The summed E-state index contributed by atoms with van der Waals surface area (Å²) in [7, 11) is -4.37. The van der Waals surface area contributed by atoms with Gasteiger partial charge in [0.05, 0.1) is 37.3 Å². The molecular formula is C21H31N5O7S2. The minimum Gasteiger partial charge on any atom is -0.488 e. The first-order chi connectivity index (χ1) is 16.2. The third-order valence-corrected chi connectivity index (χ3v) is 8.08. The maximum absolute atomic E-state index is 13.4. The van der Waals surface area contributed by atoms with Gasteiger partial charge in [0.2, 0.25) is 10.0 Å². The second-order valence-electron chi connectivity index (χ2n) is 8.87. The predicted molar refractivity (Wildman–Crippen MR) is 129 cm³/mol. The third-order valence-electron chi connectivity index (χ3n) is 5.76. The zero-order valence-corrected chi connectivity index (χ0v) is 21.9. The van der Waals surface area contributed by atoms with E-state index in [9.17, 15) is 26.7 Å². The van der Waals surface area contributed by atoms with Gasteiger partial charge in [-0.2, -0.15) is 4.31 Å². The number of likely N-dealkylation sites (N-methyl/N-ethyl adjacent to an activating group) is 1. The van der Waals surface area contributed by atoms with E-state index in [-0.39, 0.29) is 47.6 Å². The molecule has 0 saturated carbocycles. The van der Waals surface area contributed by atoms with Gasteiger partial charge in [-0.25, -0.2) is 21.8 Å². The highest BCUT2D eigenvalue weighted by atomic mass is 32.2. The summed E-state index contributed by atoms with van der Waals surface area (Å²) in [5.74, 6) is -0.556. The maximum Gasteiger partial charge on any atom is 0.261 e. The topological polar surface area (TPSA) is 151 Å². The van der Waals surface area contributed by atoms with Crippen LogP contribution in [0.2, 0.25) is 0 Å². The van der Waals surface area contributed by atoms with Crippen molar-refractivity contribution in [1.82, 2.24) is 18.8 Å². The van der Waals surface area contributed by atoms with Gasteiger partial charge in [0.15, 0.2) is 5.03 Å². The van der Waals surface area contributed by atoms with E-state index in [0.29, 0.717) is 0 Å². The fourth-order valence-electron chi connectivity index (χ4n) is 3.75. The first-order valence-electron chi connectivity index (χ1n) is 10.9. The van der Waals surface area contributed by atoms with Crippen LogP contribution in [-0.2, 0) is 27.1 Å². The van der Waals surface area contributed by atoms with Crippen molar-refractivity contribution < 1.29 is 31.5 Å². The van der Waals surface area contributed by atoms with E-state index in [4.69, 9.17) is 4.74 Å². The van der Waals surface area contributed by atoms with Gasteiger partial charge in [0, 0.05) is 38.4 Å². The molecule has 0 fully saturated rings. The number of hydrogen-bond donors (Lipinski definition) is 2. The van der Waals surface area contributed by atoms with Crippen molar-refractivity contribution in [2.75, 3.05) is 37.7 Å². The lowest BCUT2D eigenvalue weighted by atomic mass is 9.99. The Morgan fingerprint density at radius 1 is 1.31 bits per heavy atom. The number of fused-ring (bicyclic) bond motifs is 1. The summed E-state index contributed by atoms with van der Waals surface area (Å²) in [5, 5.41) is 9.65. The SMILES string of the molecule is C[C@H]1CN([C@@H](C)CO)C(=O)c2cc(NS(C)(=O)=O)ccc2O[C@H]1CN(C)S(=O)(=O)c1cn(C)cn1. The van der Waals surface area contributed by atoms with Crippen molar-refractivity contribution in [2.24, 2.45) is 13.0 Å². The number of amides is 1. The molecule has 0 aliphatic carbocycles. The average molecular weight is 530 g/mol.